The molecule has 0 aliphatic rings. The molecule has 0 unspecified atom stereocenters. The summed E-state index contributed by atoms with van der Waals surface area (Å²) in [7, 11) is 0. The number of hydrogen-bond donors (Lipinski definition) is 0. The summed E-state index contributed by atoms with van der Waals surface area (Å²) in [5, 5.41) is 0. The van der Waals surface area contributed by atoms with Gasteiger partial charge < -0.3 is 11.1 Å². The molecule has 0 spiro atoms. The van der Waals surface area contributed by atoms with E-state index in [4.69, 9.17) is 11.1 Å². The van der Waals surface area contributed by atoms with Crippen LogP contribution in [0.5, 0.6) is 0 Å². The van der Waals surface area contributed by atoms with Gasteiger partial charge in [0.25, 0.3) is 0 Å². The molecule has 2 aromatic heterocycles. The van der Waals surface area contributed by atoms with E-state index < -0.39 is 0 Å². The molecule has 0 bridgehead atoms. The fourth-order valence-corrected chi connectivity index (χ4v) is 0.625. The van der Waals surface area contributed by atoms with Crippen LogP contribution in [0.2, 0.25) is 0 Å². The molecule has 2 rings (SSSR count). The van der Waals surface area contributed by atoms with Crippen LogP contribution in [0.4, 0.5) is 0 Å². The largest absolute Gasteiger partial charge is 0.373 e. The van der Waals surface area contributed by atoms with E-state index in [-0.39, 0.29) is 19.5 Å². The first-order chi connectivity index (χ1) is 7.41. The normalized spacial score (nSPS) is 6.50. The molecule has 78 valence electrons. The Morgan fingerprint density at radius 2 is 0.875 bits per heavy atom. The molecule has 0 aromatic carbocycles. The summed E-state index contributed by atoms with van der Waals surface area (Å²) >= 11 is 0. The first-order valence-corrected chi connectivity index (χ1v) is 4.10. The molecule has 0 aliphatic heterocycles. The van der Waals surface area contributed by atoms with E-state index in [0.717, 1.165) is 0 Å². The van der Waals surface area contributed by atoms with Crippen LogP contribution in [0, 0.1) is 0 Å². The van der Waals surface area contributed by atoms with E-state index in [2.05, 4.69) is 9.97 Å². The van der Waals surface area contributed by atoms with Crippen LogP contribution in [-0.2, 0) is 19.5 Å². The van der Waals surface area contributed by atoms with Gasteiger partial charge in [-0.1, -0.05) is 12.1 Å². The summed E-state index contributed by atoms with van der Waals surface area (Å²) in [6, 6.07) is 11.4. The van der Waals surface area contributed by atoms with Gasteiger partial charge in [0.15, 0.2) is 0 Å². The van der Waals surface area contributed by atoms with Gasteiger partial charge in [-0.05, 0) is 24.3 Å². The first-order valence-electron chi connectivity index (χ1n) is 4.10. The second-order valence-corrected chi connectivity index (χ2v) is 2.14. The van der Waals surface area contributed by atoms with E-state index >= 15 is 0 Å². The molecule has 0 saturated heterocycles. The van der Waals surface area contributed by atoms with Gasteiger partial charge in [0.2, 0.25) is 0 Å². The topological polar surface area (TPSA) is 84.5 Å². The van der Waals surface area contributed by atoms with Gasteiger partial charge in [0.1, 0.15) is 0 Å². The maximum Gasteiger partial charge on any atom is 0.0267 e. The number of rotatable bonds is 0. The fourth-order valence-electron chi connectivity index (χ4n) is 0.625. The molecule has 0 atom stereocenters. The van der Waals surface area contributed by atoms with E-state index in [1.807, 2.05) is 36.4 Å². The van der Waals surface area contributed by atoms with E-state index in [1.165, 1.54) is 4.91 Å². The molecular formula is C10H10N5Zn-. The third-order valence-electron chi connectivity index (χ3n) is 1.13. The monoisotopic (exact) mass is 264 g/mol. The Labute approximate surface area is 107 Å². The van der Waals surface area contributed by atoms with Crippen molar-refractivity contribution >= 4 is 0 Å². The van der Waals surface area contributed by atoms with Crippen LogP contribution in [0.25, 0.3) is 16.0 Å². The smallest absolute Gasteiger partial charge is 0.0267 e. The summed E-state index contributed by atoms with van der Waals surface area (Å²) in [6.45, 7) is 0. The molecule has 0 radical (unpaired) electrons. The maximum absolute atomic E-state index is 6.75. The zero-order valence-corrected chi connectivity index (χ0v) is 11.7. The predicted octanol–water partition coefficient (Wildman–Crippen LogP) is 3.03. The molecular weight excluding hydrogens is 256 g/mol. The Bertz CT molecular complexity index is 263. The van der Waals surface area contributed by atoms with Crippen LogP contribution < -0.4 is 0 Å². The van der Waals surface area contributed by atoms with E-state index in [9.17, 15) is 0 Å². The quantitative estimate of drug-likeness (QED) is 0.317. The average Bonchev–Trinajstić information content (AvgIpc) is 2.35. The predicted molar refractivity (Wildman–Crippen MR) is 58.6 cm³/mol. The molecule has 6 heteroatoms. The SMILES string of the molecule is [N-]=[N+]=[N-].[Zn].c1ccncc1.c1ccncc1. The van der Waals surface area contributed by atoms with Crippen molar-refractivity contribution in [3.05, 3.63) is 77.2 Å². The van der Waals surface area contributed by atoms with Crippen LogP contribution in [-0.4, -0.2) is 9.97 Å². The number of aromatic nitrogens is 2. The minimum absolute atomic E-state index is 0. The zero-order valence-electron chi connectivity index (χ0n) is 8.72. The van der Waals surface area contributed by atoms with Crippen molar-refractivity contribution in [3.8, 4) is 0 Å². The first kappa shape index (κ1) is 16.7. The maximum atomic E-state index is 6.75. The molecule has 0 saturated carbocycles. The van der Waals surface area contributed by atoms with Crippen molar-refractivity contribution in [2.45, 2.75) is 0 Å². The Morgan fingerprint density at radius 3 is 0.938 bits per heavy atom. The van der Waals surface area contributed by atoms with Crippen molar-refractivity contribution in [3.63, 3.8) is 0 Å². The summed E-state index contributed by atoms with van der Waals surface area (Å²) in [5.74, 6) is 0. The van der Waals surface area contributed by atoms with Crippen LogP contribution in [0.3, 0.4) is 0 Å². The molecule has 0 fully saturated rings. The van der Waals surface area contributed by atoms with Crippen molar-refractivity contribution in [2.75, 3.05) is 0 Å². The van der Waals surface area contributed by atoms with Crippen molar-refractivity contribution in [1.29, 1.82) is 0 Å². The second-order valence-electron chi connectivity index (χ2n) is 2.14. The average molecular weight is 266 g/mol. The Morgan fingerprint density at radius 1 is 0.625 bits per heavy atom. The summed E-state index contributed by atoms with van der Waals surface area (Å²) < 4.78 is 0. The Kier molecular flexibility index (Phi) is 16.3. The molecule has 2 heterocycles. The summed E-state index contributed by atoms with van der Waals surface area (Å²) in [4.78, 5) is 9.07. The molecule has 0 amide bonds. The van der Waals surface area contributed by atoms with Gasteiger partial charge in [-0.15, -0.1) is 0 Å². The van der Waals surface area contributed by atoms with Crippen molar-refractivity contribution < 1.29 is 19.5 Å². The zero-order chi connectivity index (χ0) is 11.2. The number of pyridine rings is 2. The third-order valence-corrected chi connectivity index (χ3v) is 1.13. The standard InChI is InChI=1S/2C5H5N.N3.Zn/c2*1-2-4-6-5-3-1;1-3-2;/h2*1-5H;;/q;;-1;. The van der Waals surface area contributed by atoms with Crippen LogP contribution in [0.1, 0.15) is 0 Å². The molecule has 0 aliphatic carbocycles. The summed E-state index contributed by atoms with van der Waals surface area (Å²) in [5.41, 5.74) is 13.5. The molecule has 16 heavy (non-hydrogen) atoms. The second kappa shape index (κ2) is 15.7. The minimum atomic E-state index is 0. The fraction of sp³-hybridized carbons (Fsp3) is 0. The van der Waals surface area contributed by atoms with Crippen molar-refractivity contribution in [1.82, 2.24) is 9.97 Å². The number of nitrogens with zero attached hydrogens (tertiary/aromatic N) is 5. The van der Waals surface area contributed by atoms with Crippen LogP contribution in [0.15, 0.2) is 61.2 Å². The van der Waals surface area contributed by atoms with Gasteiger partial charge in [0, 0.05) is 44.3 Å². The molecule has 2 aromatic rings. The number of hydrogen-bond acceptors (Lipinski definition) is 2. The van der Waals surface area contributed by atoms with Gasteiger partial charge in [-0.2, -0.15) is 0 Å². The van der Waals surface area contributed by atoms with Gasteiger partial charge in [-0.25, -0.2) is 0 Å². The molecule has 5 nitrogen and oxygen atoms in total. The summed E-state index contributed by atoms with van der Waals surface area (Å²) in [6.07, 6.45) is 7.00. The van der Waals surface area contributed by atoms with Gasteiger partial charge >= 0.3 is 0 Å². The van der Waals surface area contributed by atoms with E-state index in [0.29, 0.717) is 0 Å². The molecule has 0 N–H and O–H groups in total. The Balaban J connectivity index is 0. The third kappa shape index (κ3) is 14.7. The van der Waals surface area contributed by atoms with Crippen molar-refractivity contribution in [2.24, 2.45) is 0 Å². The minimum Gasteiger partial charge on any atom is -0.373 e. The Hall–Kier alpha value is -1.77. The van der Waals surface area contributed by atoms with Gasteiger partial charge in [-0.3, -0.25) is 14.9 Å². The van der Waals surface area contributed by atoms with Gasteiger partial charge in [0.05, 0.1) is 0 Å². The van der Waals surface area contributed by atoms with Crippen LogP contribution >= 0.6 is 0 Å². The van der Waals surface area contributed by atoms with E-state index in [1.54, 1.807) is 24.8 Å².